The van der Waals surface area contributed by atoms with Crippen molar-refractivity contribution in [3.05, 3.63) is 47.3 Å². The molecule has 1 aromatic heterocycles. The summed E-state index contributed by atoms with van der Waals surface area (Å²) in [4.78, 5) is 14.5. The largest absolute Gasteiger partial charge is 0.359 e. The fraction of sp³-hybridized carbons (Fsp3) is 0.444. The normalized spacial score (nSPS) is 17.8. The van der Waals surface area contributed by atoms with Crippen LogP contribution in [0.2, 0.25) is 0 Å². The predicted octanol–water partition coefficient (Wildman–Crippen LogP) is 2.82. The smallest absolute Gasteiger partial charge is 0.224 e. The Labute approximate surface area is 147 Å². The van der Waals surface area contributed by atoms with Gasteiger partial charge in [-0.05, 0) is 38.8 Å². The van der Waals surface area contributed by atoms with Gasteiger partial charge in [-0.15, -0.1) is 0 Å². The van der Waals surface area contributed by atoms with Crippen LogP contribution in [-0.2, 0) is 14.6 Å². The average Bonchev–Trinajstić information content (AvgIpc) is 3.21. The molecule has 0 N–H and O–H groups in total. The Kier molecular flexibility index (Phi) is 4.94. The molecule has 7 heteroatoms. The van der Waals surface area contributed by atoms with Crippen molar-refractivity contribution in [2.75, 3.05) is 12.3 Å². The predicted molar refractivity (Wildman–Crippen MR) is 92.8 cm³/mol. The SMILES string of the molecule is Cc1ccc(S(=O)(=O)CCC(=O)N2CCC[C@@H]2c2cc(C)no2)cc1. The number of nitrogens with zero attached hydrogens (tertiary/aromatic N) is 2. The van der Waals surface area contributed by atoms with Gasteiger partial charge < -0.3 is 9.42 Å². The van der Waals surface area contributed by atoms with Crippen LogP contribution in [0.4, 0.5) is 0 Å². The molecule has 25 heavy (non-hydrogen) atoms. The molecule has 0 unspecified atom stereocenters. The van der Waals surface area contributed by atoms with Gasteiger partial charge in [0.1, 0.15) is 0 Å². The van der Waals surface area contributed by atoms with E-state index in [4.69, 9.17) is 4.52 Å². The molecule has 134 valence electrons. The van der Waals surface area contributed by atoms with E-state index in [2.05, 4.69) is 5.16 Å². The number of aromatic nitrogens is 1. The van der Waals surface area contributed by atoms with E-state index >= 15 is 0 Å². The maximum atomic E-state index is 12.6. The summed E-state index contributed by atoms with van der Waals surface area (Å²) in [5.41, 5.74) is 1.77. The number of carbonyl (C=O) groups excluding carboxylic acids is 1. The summed E-state index contributed by atoms with van der Waals surface area (Å²) in [5, 5.41) is 3.88. The second-order valence-electron chi connectivity index (χ2n) is 6.50. The molecule has 1 saturated heterocycles. The van der Waals surface area contributed by atoms with Gasteiger partial charge in [-0.1, -0.05) is 22.9 Å². The number of rotatable bonds is 5. The maximum absolute atomic E-state index is 12.6. The van der Waals surface area contributed by atoms with Crippen molar-refractivity contribution in [1.29, 1.82) is 0 Å². The van der Waals surface area contributed by atoms with E-state index in [0.717, 1.165) is 24.1 Å². The molecule has 0 bridgehead atoms. The summed E-state index contributed by atoms with van der Waals surface area (Å²) in [6.45, 7) is 4.36. The highest BCUT2D eigenvalue weighted by molar-refractivity contribution is 7.91. The molecule has 0 radical (unpaired) electrons. The number of benzene rings is 1. The molecular formula is C18H22N2O4S. The first-order chi connectivity index (χ1) is 11.9. The molecule has 1 aliphatic heterocycles. The molecule has 1 fully saturated rings. The lowest BCUT2D eigenvalue weighted by molar-refractivity contribution is -0.132. The van der Waals surface area contributed by atoms with Crippen LogP contribution in [0.15, 0.2) is 39.8 Å². The number of amides is 1. The first kappa shape index (κ1) is 17.7. The van der Waals surface area contributed by atoms with Crippen LogP contribution in [0.5, 0.6) is 0 Å². The summed E-state index contributed by atoms with van der Waals surface area (Å²) in [7, 11) is -3.46. The van der Waals surface area contributed by atoms with Crippen LogP contribution in [0, 0.1) is 13.8 Å². The molecule has 1 aliphatic rings. The van der Waals surface area contributed by atoms with Crippen molar-refractivity contribution in [2.45, 2.75) is 44.0 Å². The van der Waals surface area contributed by atoms with Crippen LogP contribution in [0.1, 0.15) is 42.3 Å². The van der Waals surface area contributed by atoms with Gasteiger partial charge in [-0.25, -0.2) is 8.42 Å². The lowest BCUT2D eigenvalue weighted by Crippen LogP contribution is -2.31. The monoisotopic (exact) mass is 362 g/mol. The molecule has 1 amide bonds. The number of hydrogen-bond donors (Lipinski definition) is 0. The van der Waals surface area contributed by atoms with Crippen molar-refractivity contribution >= 4 is 15.7 Å². The minimum Gasteiger partial charge on any atom is -0.359 e. The van der Waals surface area contributed by atoms with E-state index in [0.29, 0.717) is 12.3 Å². The molecule has 2 aromatic rings. The van der Waals surface area contributed by atoms with Crippen LogP contribution in [0.25, 0.3) is 0 Å². The van der Waals surface area contributed by atoms with Gasteiger partial charge in [0.05, 0.1) is 22.4 Å². The zero-order chi connectivity index (χ0) is 18.0. The minimum atomic E-state index is -3.46. The van der Waals surface area contributed by atoms with Crippen molar-refractivity contribution in [2.24, 2.45) is 0 Å². The molecule has 2 heterocycles. The summed E-state index contributed by atoms with van der Waals surface area (Å²) in [5.74, 6) is 0.324. The van der Waals surface area contributed by atoms with Crippen molar-refractivity contribution < 1.29 is 17.7 Å². The molecule has 6 nitrogen and oxygen atoms in total. The van der Waals surface area contributed by atoms with E-state index in [-0.39, 0.29) is 29.0 Å². The highest BCUT2D eigenvalue weighted by atomic mass is 32.2. The Balaban J connectivity index is 1.66. The molecule has 0 spiro atoms. The number of aryl methyl sites for hydroxylation is 2. The van der Waals surface area contributed by atoms with E-state index < -0.39 is 9.84 Å². The van der Waals surface area contributed by atoms with Gasteiger partial charge in [0, 0.05) is 19.0 Å². The summed E-state index contributed by atoms with van der Waals surface area (Å²) in [6.07, 6.45) is 1.66. The van der Waals surface area contributed by atoms with E-state index in [1.165, 1.54) is 0 Å². The molecule has 0 aliphatic carbocycles. The average molecular weight is 362 g/mol. The Morgan fingerprint density at radius 3 is 2.64 bits per heavy atom. The fourth-order valence-electron chi connectivity index (χ4n) is 3.13. The number of carbonyl (C=O) groups is 1. The van der Waals surface area contributed by atoms with Gasteiger partial charge in [0.15, 0.2) is 15.6 Å². The first-order valence-corrected chi connectivity index (χ1v) is 10.0. The third kappa shape index (κ3) is 3.92. The zero-order valence-corrected chi connectivity index (χ0v) is 15.3. The van der Waals surface area contributed by atoms with Gasteiger partial charge >= 0.3 is 0 Å². The second-order valence-corrected chi connectivity index (χ2v) is 8.61. The minimum absolute atomic E-state index is 0.0279. The van der Waals surface area contributed by atoms with Crippen molar-refractivity contribution in [3.63, 3.8) is 0 Å². The van der Waals surface area contributed by atoms with Gasteiger partial charge in [0.25, 0.3) is 0 Å². The fourth-order valence-corrected chi connectivity index (χ4v) is 4.36. The molecule has 0 saturated carbocycles. The molecule has 1 aromatic carbocycles. The van der Waals surface area contributed by atoms with E-state index in [1.54, 1.807) is 29.2 Å². The highest BCUT2D eigenvalue weighted by Gasteiger charge is 2.33. The summed E-state index contributed by atoms with van der Waals surface area (Å²) in [6, 6.07) is 8.39. The molecular weight excluding hydrogens is 340 g/mol. The van der Waals surface area contributed by atoms with Crippen LogP contribution >= 0.6 is 0 Å². The lowest BCUT2D eigenvalue weighted by Gasteiger charge is -2.22. The third-order valence-electron chi connectivity index (χ3n) is 4.51. The Bertz CT molecular complexity index is 855. The Morgan fingerprint density at radius 1 is 1.28 bits per heavy atom. The van der Waals surface area contributed by atoms with Crippen LogP contribution in [0.3, 0.4) is 0 Å². The zero-order valence-electron chi connectivity index (χ0n) is 14.4. The molecule has 1 atom stereocenters. The maximum Gasteiger partial charge on any atom is 0.224 e. The summed E-state index contributed by atoms with van der Waals surface area (Å²) < 4.78 is 30.1. The number of sulfone groups is 1. The topological polar surface area (TPSA) is 80.5 Å². The van der Waals surface area contributed by atoms with E-state index in [1.807, 2.05) is 19.9 Å². The lowest BCUT2D eigenvalue weighted by atomic mass is 10.1. The summed E-state index contributed by atoms with van der Waals surface area (Å²) >= 11 is 0. The third-order valence-corrected chi connectivity index (χ3v) is 6.24. The van der Waals surface area contributed by atoms with Crippen molar-refractivity contribution in [1.82, 2.24) is 10.1 Å². The number of likely N-dealkylation sites (tertiary alicyclic amines) is 1. The van der Waals surface area contributed by atoms with Crippen LogP contribution in [-0.4, -0.2) is 36.7 Å². The molecule has 3 rings (SSSR count). The Morgan fingerprint density at radius 2 is 2.00 bits per heavy atom. The quantitative estimate of drug-likeness (QED) is 0.817. The van der Waals surface area contributed by atoms with Gasteiger partial charge in [-0.3, -0.25) is 4.79 Å². The van der Waals surface area contributed by atoms with Gasteiger partial charge in [-0.2, -0.15) is 0 Å². The van der Waals surface area contributed by atoms with Gasteiger partial charge in [0.2, 0.25) is 5.91 Å². The number of hydrogen-bond acceptors (Lipinski definition) is 5. The first-order valence-electron chi connectivity index (χ1n) is 8.39. The standard InChI is InChI=1S/C18H22N2O4S/c1-13-5-7-15(8-6-13)25(22,23)11-9-18(21)20-10-3-4-16(20)17-12-14(2)19-24-17/h5-8,12,16H,3-4,9-11H2,1-2H3/t16-/m1/s1. The van der Waals surface area contributed by atoms with Crippen LogP contribution < -0.4 is 0 Å². The highest BCUT2D eigenvalue weighted by Crippen LogP contribution is 2.32. The second kappa shape index (κ2) is 7.00. The van der Waals surface area contributed by atoms with Crippen molar-refractivity contribution in [3.8, 4) is 0 Å². The Hall–Kier alpha value is -2.15. The van der Waals surface area contributed by atoms with E-state index in [9.17, 15) is 13.2 Å².